The Bertz CT molecular complexity index is 1570. The molecule has 14 heteroatoms. The SMILES string of the molecule is CCn1nc(C)cc1C(=O)Nc1nc2cc(C(N)=O)cc(OC)c2n1C/C=C/CNc1ccc(C(N)=O)nn1. The second-order valence-electron chi connectivity index (χ2n) is 8.42. The molecule has 3 aromatic heterocycles. The summed E-state index contributed by atoms with van der Waals surface area (Å²) in [5, 5.41) is 17.9. The van der Waals surface area contributed by atoms with Gasteiger partial charge in [-0.25, -0.2) is 4.98 Å². The minimum absolute atomic E-state index is 0.0724. The van der Waals surface area contributed by atoms with Crippen LogP contribution in [-0.2, 0) is 13.1 Å². The van der Waals surface area contributed by atoms with Crippen LogP contribution in [0.3, 0.4) is 0 Å². The molecule has 3 amide bonds. The molecule has 202 valence electrons. The van der Waals surface area contributed by atoms with Crippen molar-refractivity contribution in [3.8, 4) is 5.75 Å². The molecule has 0 spiro atoms. The predicted molar refractivity (Wildman–Crippen MR) is 144 cm³/mol. The third kappa shape index (κ3) is 5.84. The lowest BCUT2D eigenvalue weighted by Gasteiger charge is -2.11. The fourth-order valence-corrected chi connectivity index (χ4v) is 3.92. The molecule has 0 atom stereocenters. The van der Waals surface area contributed by atoms with E-state index in [0.717, 1.165) is 0 Å². The number of amides is 3. The molecule has 39 heavy (non-hydrogen) atoms. The third-order valence-corrected chi connectivity index (χ3v) is 5.74. The minimum Gasteiger partial charge on any atom is -0.494 e. The molecule has 0 bridgehead atoms. The molecule has 14 nitrogen and oxygen atoms in total. The van der Waals surface area contributed by atoms with Gasteiger partial charge in [-0.3, -0.25) is 24.4 Å². The van der Waals surface area contributed by atoms with Crippen LogP contribution in [0.2, 0.25) is 0 Å². The normalized spacial score (nSPS) is 11.2. The van der Waals surface area contributed by atoms with Crippen molar-refractivity contribution in [3.05, 3.63) is 65.1 Å². The Kier molecular flexibility index (Phi) is 7.84. The number of imidazole rings is 1. The molecule has 0 saturated carbocycles. The van der Waals surface area contributed by atoms with E-state index >= 15 is 0 Å². The van der Waals surface area contributed by atoms with Gasteiger partial charge < -0.3 is 26.1 Å². The topological polar surface area (TPSA) is 198 Å². The van der Waals surface area contributed by atoms with Crippen LogP contribution in [-0.4, -0.2) is 60.9 Å². The Balaban J connectivity index is 1.61. The standard InChI is InChI=1S/C25H28N10O4/c1-4-35-18(11-14(2)33-35)24(38)30-25-29-17-12-15(22(26)36)13-19(39-3)21(17)34(25)10-6-5-9-28-20-8-7-16(23(27)37)31-32-20/h5-8,11-13H,4,9-10H2,1-3H3,(H2,26,36)(H2,27,37)(H,28,32)(H,29,30,38)/b6-5+. The first-order valence-corrected chi connectivity index (χ1v) is 12.0. The number of hydrogen-bond donors (Lipinski definition) is 4. The fourth-order valence-electron chi connectivity index (χ4n) is 3.92. The van der Waals surface area contributed by atoms with Crippen LogP contribution in [0.25, 0.3) is 11.0 Å². The lowest BCUT2D eigenvalue weighted by Crippen LogP contribution is -2.20. The number of methoxy groups -OCH3 is 1. The van der Waals surface area contributed by atoms with Gasteiger partial charge in [0.05, 0.1) is 18.3 Å². The number of fused-ring (bicyclic) bond motifs is 1. The monoisotopic (exact) mass is 532 g/mol. The molecule has 0 aliphatic heterocycles. The molecular weight excluding hydrogens is 504 g/mol. The maximum absolute atomic E-state index is 13.2. The number of nitrogens with one attached hydrogen (secondary N) is 2. The molecule has 0 radical (unpaired) electrons. The van der Waals surface area contributed by atoms with Gasteiger partial charge in [0.15, 0.2) is 5.69 Å². The Morgan fingerprint density at radius 2 is 1.87 bits per heavy atom. The highest BCUT2D eigenvalue weighted by Crippen LogP contribution is 2.31. The molecule has 0 saturated heterocycles. The molecule has 0 aliphatic carbocycles. The van der Waals surface area contributed by atoms with E-state index in [-0.39, 0.29) is 23.1 Å². The maximum Gasteiger partial charge on any atom is 0.276 e. The maximum atomic E-state index is 13.2. The number of hydrogen-bond acceptors (Lipinski definition) is 9. The summed E-state index contributed by atoms with van der Waals surface area (Å²) >= 11 is 0. The van der Waals surface area contributed by atoms with Crippen molar-refractivity contribution in [2.45, 2.75) is 26.9 Å². The molecule has 4 aromatic rings. The number of carbonyl (C=O) groups excluding carboxylic acids is 3. The number of nitrogens with two attached hydrogens (primary N) is 2. The van der Waals surface area contributed by atoms with E-state index in [0.29, 0.717) is 53.6 Å². The molecule has 0 fully saturated rings. The van der Waals surface area contributed by atoms with Crippen LogP contribution in [0.5, 0.6) is 5.75 Å². The van der Waals surface area contributed by atoms with Gasteiger partial charge in [0.2, 0.25) is 11.9 Å². The van der Waals surface area contributed by atoms with E-state index in [9.17, 15) is 14.4 Å². The van der Waals surface area contributed by atoms with E-state index in [1.54, 1.807) is 27.4 Å². The Hall–Kier alpha value is -5.27. The summed E-state index contributed by atoms with van der Waals surface area (Å²) in [6.07, 6.45) is 3.71. The van der Waals surface area contributed by atoms with E-state index < -0.39 is 11.8 Å². The number of carbonyl (C=O) groups is 3. The van der Waals surface area contributed by atoms with Crippen molar-refractivity contribution in [2.24, 2.45) is 11.5 Å². The number of rotatable bonds is 11. The van der Waals surface area contributed by atoms with Crippen molar-refractivity contribution in [3.63, 3.8) is 0 Å². The first kappa shape index (κ1) is 26.8. The van der Waals surface area contributed by atoms with Gasteiger partial charge >= 0.3 is 0 Å². The van der Waals surface area contributed by atoms with Crippen LogP contribution >= 0.6 is 0 Å². The number of allylic oxidation sites excluding steroid dienone is 1. The van der Waals surface area contributed by atoms with Crippen LogP contribution in [0.15, 0.2) is 42.5 Å². The molecule has 3 heterocycles. The molecule has 6 N–H and O–H groups in total. The molecule has 1 aromatic carbocycles. The Morgan fingerprint density at radius 3 is 2.51 bits per heavy atom. The van der Waals surface area contributed by atoms with Crippen LogP contribution in [0.1, 0.15) is 44.0 Å². The van der Waals surface area contributed by atoms with Gasteiger partial charge in [0, 0.05) is 25.2 Å². The lowest BCUT2D eigenvalue weighted by atomic mass is 10.1. The molecular formula is C25H28N10O4. The van der Waals surface area contributed by atoms with Crippen LogP contribution in [0, 0.1) is 6.92 Å². The van der Waals surface area contributed by atoms with Crippen molar-refractivity contribution >= 4 is 40.5 Å². The molecule has 0 unspecified atom stereocenters. The quantitative estimate of drug-likeness (QED) is 0.207. The Labute approximate surface area is 223 Å². The Morgan fingerprint density at radius 1 is 1.08 bits per heavy atom. The van der Waals surface area contributed by atoms with Gasteiger partial charge in [-0.15, -0.1) is 10.2 Å². The first-order chi connectivity index (χ1) is 18.7. The average Bonchev–Trinajstić information content (AvgIpc) is 3.47. The number of nitrogens with zero attached hydrogens (tertiary/aromatic N) is 6. The average molecular weight is 533 g/mol. The minimum atomic E-state index is -0.655. The fraction of sp³-hybridized carbons (Fsp3) is 0.240. The summed E-state index contributed by atoms with van der Waals surface area (Å²) in [6, 6.07) is 7.85. The van der Waals surface area contributed by atoms with Crippen molar-refractivity contribution in [2.75, 3.05) is 24.3 Å². The summed E-state index contributed by atoms with van der Waals surface area (Å²) in [5.41, 5.74) is 13.1. The van der Waals surface area contributed by atoms with Gasteiger partial charge in [0.1, 0.15) is 22.8 Å². The van der Waals surface area contributed by atoms with Gasteiger partial charge in [-0.2, -0.15) is 5.10 Å². The summed E-state index contributed by atoms with van der Waals surface area (Å²) in [4.78, 5) is 40.7. The zero-order valence-electron chi connectivity index (χ0n) is 21.6. The van der Waals surface area contributed by atoms with Crippen molar-refractivity contribution < 1.29 is 19.1 Å². The van der Waals surface area contributed by atoms with E-state index in [1.165, 1.54) is 19.2 Å². The highest BCUT2D eigenvalue weighted by molar-refractivity contribution is 6.04. The summed E-state index contributed by atoms with van der Waals surface area (Å²) in [7, 11) is 1.47. The van der Waals surface area contributed by atoms with Gasteiger partial charge in [-0.05, 0) is 44.2 Å². The number of ether oxygens (including phenoxy) is 1. The number of aryl methyl sites for hydroxylation is 2. The van der Waals surface area contributed by atoms with E-state index in [2.05, 4.69) is 30.9 Å². The number of aromatic nitrogens is 6. The zero-order valence-corrected chi connectivity index (χ0v) is 21.6. The zero-order chi connectivity index (χ0) is 28.1. The van der Waals surface area contributed by atoms with Crippen molar-refractivity contribution in [1.82, 2.24) is 29.5 Å². The lowest BCUT2D eigenvalue weighted by molar-refractivity contribution is 0.0988. The highest BCUT2D eigenvalue weighted by atomic mass is 16.5. The summed E-state index contributed by atoms with van der Waals surface area (Å²) in [6.45, 7) is 4.93. The van der Waals surface area contributed by atoms with Gasteiger partial charge in [-0.1, -0.05) is 12.2 Å². The smallest absolute Gasteiger partial charge is 0.276 e. The number of primary amides is 2. The first-order valence-electron chi connectivity index (χ1n) is 12.0. The predicted octanol–water partition coefficient (Wildman–Crippen LogP) is 1.48. The number of anilines is 2. The van der Waals surface area contributed by atoms with Crippen LogP contribution in [0.4, 0.5) is 11.8 Å². The molecule has 4 rings (SSSR count). The van der Waals surface area contributed by atoms with Crippen molar-refractivity contribution in [1.29, 1.82) is 0 Å². The van der Waals surface area contributed by atoms with Gasteiger partial charge in [0.25, 0.3) is 11.8 Å². The third-order valence-electron chi connectivity index (χ3n) is 5.74. The van der Waals surface area contributed by atoms with Crippen LogP contribution < -0.4 is 26.8 Å². The number of benzene rings is 1. The largest absolute Gasteiger partial charge is 0.494 e. The summed E-state index contributed by atoms with van der Waals surface area (Å²) < 4.78 is 8.90. The van der Waals surface area contributed by atoms with E-state index in [1.807, 2.05) is 26.0 Å². The second kappa shape index (κ2) is 11.4. The molecule has 0 aliphatic rings. The second-order valence-corrected chi connectivity index (χ2v) is 8.42. The summed E-state index contributed by atoms with van der Waals surface area (Å²) in [5.74, 6) is -0.574. The van der Waals surface area contributed by atoms with E-state index in [4.69, 9.17) is 16.2 Å². The highest BCUT2D eigenvalue weighted by Gasteiger charge is 2.21.